The van der Waals surface area contributed by atoms with Crippen molar-refractivity contribution in [2.45, 2.75) is 37.2 Å². The predicted molar refractivity (Wildman–Crippen MR) is 94.4 cm³/mol. The van der Waals surface area contributed by atoms with Gasteiger partial charge in [-0.05, 0) is 38.0 Å². The Hall–Kier alpha value is -2.40. The van der Waals surface area contributed by atoms with Crippen molar-refractivity contribution < 1.29 is 19.1 Å². The molecule has 0 bridgehead atoms. The number of nitriles is 1. The number of benzene rings is 1. The van der Waals surface area contributed by atoms with Gasteiger partial charge in [-0.15, -0.1) is 12.6 Å². The Morgan fingerprint density at radius 1 is 1.27 bits per heavy atom. The van der Waals surface area contributed by atoms with Crippen LogP contribution in [0.3, 0.4) is 0 Å². The quantitative estimate of drug-likeness (QED) is 0.758. The maximum Gasteiger partial charge on any atom is 0.259 e. The number of hydrogen-bond donors (Lipinski definition) is 1. The van der Waals surface area contributed by atoms with Gasteiger partial charge in [-0.1, -0.05) is 6.07 Å². The van der Waals surface area contributed by atoms with Crippen LogP contribution in [-0.4, -0.2) is 46.4 Å². The van der Waals surface area contributed by atoms with Gasteiger partial charge in [-0.25, -0.2) is 0 Å². The third kappa shape index (κ3) is 2.07. The molecule has 4 atom stereocenters. The highest BCUT2D eigenvalue weighted by Gasteiger charge is 2.62. The van der Waals surface area contributed by atoms with E-state index in [9.17, 15) is 14.9 Å². The highest BCUT2D eigenvalue weighted by molar-refractivity contribution is 7.82. The third-order valence-corrected chi connectivity index (χ3v) is 6.20. The minimum absolute atomic E-state index is 0.141. The molecule has 0 aromatic heterocycles. The first-order valence-electron chi connectivity index (χ1n) is 8.34. The summed E-state index contributed by atoms with van der Waals surface area (Å²) in [6.45, 7) is 3.53. The monoisotopic (exact) mass is 373 g/mol. The first kappa shape index (κ1) is 17.0. The van der Waals surface area contributed by atoms with E-state index in [1.165, 1.54) is 9.80 Å². The van der Waals surface area contributed by atoms with Crippen molar-refractivity contribution in [3.63, 3.8) is 0 Å². The molecule has 0 radical (unpaired) electrons. The van der Waals surface area contributed by atoms with Crippen molar-refractivity contribution in [1.29, 1.82) is 5.26 Å². The summed E-state index contributed by atoms with van der Waals surface area (Å²) < 4.78 is 10.8. The molecule has 2 amide bonds. The molecule has 3 aliphatic heterocycles. The van der Waals surface area contributed by atoms with Crippen LogP contribution < -0.4 is 9.47 Å². The molecule has 2 saturated heterocycles. The highest BCUT2D eigenvalue weighted by Crippen LogP contribution is 2.54. The van der Waals surface area contributed by atoms with Gasteiger partial charge in [0.15, 0.2) is 16.4 Å². The fourth-order valence-corrected chi connectivity index (χ4v) is 4.32. The average molecular weight is 373 g/mol. The van der Waals surface area contributed by atoms with Crippen molar-refractivity contribution in [2.24, 2.45) is 5.41 Å². The van der Waals surface area contributed by atoms with Crippen molar-refractivity contribution in [1.82, 2.24) is 9.80 Å². The molecule has 1 aromatic rings. The smallest absolute Gasteiger partial charge is 0.259 e. The molecular weight excluding hydrogens is 354 g/mol. The molecule has 8 heteroatoms. The van der Waals surface area contributed by atoms with Crippen LogP contribution >= 0.6 is 12.6 Å². The summed E-state index contributed by atoms with van der Waals surface area (Å²) >= 11 is 4.44. The minimum atomic E-state index is -1.26. The standard InChI is InChI=1S/C18H19N3O4S/c1-17(8-19)7-11-15(22)20(3)18(2,26)16(23)21(11)14(17)10-4-5-12-13(6-10)25-9-24-12/h4-6,11,14,26H,7,9H2,1-3H3/t11?,14-,17+,18-/m0/s1. The Balaban J connectivity index is 1.85. The van der Waals surface area contributed by atoms with E-state index < -0.39 is 22.4 Å². The largest absolute Gasteiger partial charge is 0.454 e. The van der Waals surface area contributed by atoms with E-state index in [0.717, 1.165) is 5.56 Å². The number of ether oxygens (including phenoxy) is 2. The van der Waals surface area contributed by atoms with Gasteiger partial charge in [0.1, 0.15) is 6.04 Å². The first-order chi connectivity index (χ1) is 12.2. The molecule has 2 fully saturated rings. The van der Waals surface area contributed by atoms with E-state index in [-0.39, 0.29) is 25.0 Å². The summed E-state index contributed by atoms with van der Waals surface area (Å²) in [6.07, 6.45) is 0.279. The van der Waals surface area contributed by atoms with E-state index >= 15 is 0 Å². The van der Waals surface area contributed by atoms with Gasteiger partial charge in [-0.3, -0.25) is 9.59 Å². The fourth-order valence-electron chi connectivity index (χ4n) is 4.11. The van der Waals surface area contributed by atoms with Gasteiger partial charge in [-0.2, -0.15) is 5.26 Å². The Labute approximate surface area is 156 Å². The summed E-state index contributed by atoms with van der Waals surface area (Å²) in [5.74, 6) is 0.718. The molecule has 1 aromatic carbocycles. The number of fused-ring (bicyclic) bond motifs is 2. The van der Waals surface area contributed by atoms with Gasteiger partial charge in [0.05, 0.1) is 17.5 Å². The lowest BCUT2D eigenvalue weighted by molar-refractivity contribution is -0.161. The van der Waals surface area contributed by atoms with Crippen molar-refractivity contribution in [3.05, 3.63) is 23.8 Å². The molecule has 3 aliphatic rings. The molecule has 0 N–H and O–H groups in total. The van der Waals surface area contributed by atoms with Crippen molar-refractivity contribution in [2.75, 3.05) is 13.8 Å². The van der Waals surface area contributed by atoms with Gasteiger partial charge < -0.3 is 19.3 Å². The number of thiol groups is 1. The molecule has 0 saturated carbocycles. The molecule has 26 heavy (non-hydrogen) atoms. The zero-order chi connectivity index (χ0) is 18.9. The molecule has 3 heterocycles. The average Bonchev–Trinajstić information content (AvgIpc) is 3.20. The van der Waals surface area contributed by atoms with E-state index in [4.69, 9.17) is 9.47 Å². The normalized spacial score (nSPS) is 35.5. The second kappa shape index (κ2) is 5.30. The molecule has 0 spiro atoms. The van der Waals surface area contributed by atoms with Gasteiger partial charge in [0.25, 0.3) is 5.91 Å². The topological polar surface area (TPSA) is 82.9 Å². The van der Waals surface area contributed by atoms with E-state index in [0.29, 0.717) is 11.5 Å². The Bertz CT molecular complexity index is 864. The minimum Gasteiger partial charge on any atom is -0.454 e. The predicted octanol–water partition coefficient (Wildman–Crippen LogP) is 1.71. The fraction of sp³-hybridized carbons (Fsp3) is 0.500. The molecular formula is C18H19N3O4S. The van der Waals surface area contributed by atoms with E-state index in [1.807, 2.05) is 6.07 Å². The summed E-state index contributed by atoms with van der Waals surface area (Å²) in [4.78, 5) is 27.7. The number of carbonyl (C=O) groups excluding carboxylic acids is 2. The van der Waals surface area contributed by atoms with Crippen LogP contribution in [0.25, 0.3) is 0 Å². The summed E-state index contributed by atoms with van der Waals surface area (Å²) in [5.41, 5.74) is -0.158. The first-order valence-corrected chi connectivity index (χ1v) is 8.79. The zero-order valence-corrected chi connectivity index (χ0v) is 15.6. The molecule has 7 nitrogen and oxygen atoms in total. The Kier molecular flexibility index (Phi) is 3.47. The van der Waals surface area contributed by atoms with Crippen molar-refractivity contribution in [3.8, 4) is 17.6 Å². The van der Waals surface area contributed by atoms with Crippen LogP contribution in [0.4, 0.5) is 0 Å². The number of rotatable bonds is 1. The summed E-state index contributed by atoms with van der Waals surface area (Å²) in [5, 5.41) is 9.88. The molecule has 4 rings (SSSR count). The van der Waals surface area contributed by atoms with E-state index in [1.54, 1.807) is 33.0 Å². The van der Waals surface area contributed by atoms with Gasteiger partial charge >= 0.3 is 0 Å². The maximum atomic E-state index is 13.2. The van der Waals surface area contributed by atoms with Crippen LogP contribution in [0, 0.1) is 16.7 Å². The summed E-state index contributed by atoms with van der Waals surface area (Å²) in [7, 11) is 1.57. The number of likely N-dealkylation sites (N-methyl/N-ethyl adjacent to an activating group) is 1. The second-order valence-electron chi connectivity index (χ2n) is 7.39. The van der Waals surface area contributed by atoms with Crippen LogP contribution in [0.15, 0.2) is 18.2 Å². The van der Waals surface area contributed by atoms with E-state index in [2.05, 4.69) is 18.7 Å². The van der Waals surface area contributed by atoms with Gasteiger partial charge in [0.2, 0.25) is 12.7 Å². The lowest BCUT2D eigenvalue weighted by Crippen LogP contribution is -2.65. The van der Waals surface area contributed by atoms with Crippen LogP contribution in [0.2, 0.25) is 0 Å². The second-order valence-corrected chi connectivity index (χ2v) is 8.27. The lowest BCUT2D eigenvalue weighted by Gasteiger charge is -2.46. The zero-order valence-electron chi connectivity index (χ0n) is 14.7. The lowest BCUT2D eigenvalue weighted by atomic mass is 9.79. The maximum absolute atomic E-state index is 13.2. The summed E-state index contributed by atoms with van der Waals surface area (Å²) in [6, 6.07) is 6.47. The Morgan fingerprint density at radius 2 is 1.96 bits per heavy atom. The molecule has 0 aliphatic carbocycles. The number of nitrogens with zero attached hydrogens (tertiary/aromatic N) is 3. The third-order valence-electron chi connectivity index (χ3n) is 5.71. The van der Waals surface area contributed by atoms with Crippen LogP contribution in [0.1, 0.15) is 31.9 Å². The Morgan fingerprint density at radius 3 is 2.65 bits per heavy atom. The van der Waals surface area contributed by atoms with Crippen molar-refractivity contribution >= 4 is 24.4 Å². The number of piperazine rings is 1. The van der Waals surface area contributed by atoms with Gasteiger partial charge in [0, 0.05) is 7.05 Å². The van der Waals surface area contributed by atoms with Crippen LogP contribution in [-0.2, 0) is 9.59 Å². The highest BCUT2D eigenvalue weighted by atomic mass is 32.1. The number of amides is 2. The number of hydrogen-bond acceptors (Lipinski definition) is 6. The van der Waals surface area contributed by atoms with Crippen LogP contribution in [0.5, 0.6) is 11.5 Å². The molecule has 1 unspecified atom stereocenters. The molecule has 136 valence electrons. The number of carbonyl (C=O) groups is 2. The SMILES string of the molecule is CN1C(=O)C2C[C@](C)(C#N)[C@H](c3ccc4c(c3)OCO4)N2C(=O)[C@]1(C)S.